The Hall–Kier alpha value is -2.36. The van der Waals surface area contributed by atoms with Crippen LogP contribution in [0, 0.1) is 0 Å². The fraction of sp³-hybridized carbons (Fsp3) is 0.235. The molecular weight excluding hydrogens is 396 g/mol. The maximum Gasteiger partial charge on any atom is 0.419 e. The van der Waals surface area contributed by atoms with Crippen molar-refractivity contribution in [2.24, 2.45) is 0 Å². The lowest BCUT2D eigenvalue weighted by atomic mass is 10.1. The third-order valence-corrected chi connectivity index (χ3v) is 4.82. The van der Waals surface area contributed by atoms with Crippen LogP contribution in [-0.4, -0.2) is 12.7 Å². The highest BCUT2D eigenvalue weighted by molar-refractivity contribution is 7.99. The molecule has 0 saturated heterocycles. The van der Waals surface area contributed by atoms with E-state index in [-0.39, 0.29) is 27.8 Å². The fourth-order valence-corrected chi connectivity index (χ4v) is 3.68. The molecule has 0 atom stereocenters. The minimum Gasteiger partial charge on any atom is -0.449 e. The molecule has 3 nitrogen and oxygen atoms in total. The predicted molar refractivity (Wildman–Crippen MR) is 86.2 cm³/mol. The molecule has 0 N–H and O–H groups in total. The van der Waals surface area contributed by atoms with Crippen molar-refractivity contribution in [1.29, 1.82) is 0 Å². The van der Waals surface area contributed by atoms with Crippen molar-refractivity contribution in [2.45, 2.75) is 29.1 Å². The molecule has 2 aromatic carbocycles. The lowest BCUT2D eigenvalue weighted by Gasteiger charge is -2.31. The molecule has 1 heterocycles. The van der Waals surface area contributed by atoms with Crippen molar-refractivity contribution in [1.82, 2.24) is 0 Å². The first-order chi connectivity index (χ1) is 12.5. The van der Waals surface area contributed by atoms with Gasteiger partial charge in [-0.25, -0.2) is 9.69 Å². The van der Waals surface area contributed by atoms with E-state index in [4.69, 9.17) is 4.74 Å². The quantitative estimate of drug-likeness (QED) is 0.507. The molecule has 2 aromatic rings. The molecule has 0 aromatic heterocycles. The summed E-state index contributed by atoms with van der Waals surface area (Å²) in [5, 5.41) is 0. The number of hydrogen-bond acceptors (Lipinski definition) is 3. The van der Waals surface area contributed by atoms with Gasteiger partial charge in [0, 0.05) is 9.79 Å². The number of hydrogen-bond donors (Lipinski definition) is 0. The summed E-state index contributed by atoms with van der Waals surface area (Å²) < 4.78 is 82.8. The Morgan fingerprint density at radius 3 is 1.74 bits per heavy atom. The van der Waals surface area contributed by atoms with Gasteiger partial charge < -0.3 is 4.74 Å². The predicted octanol–water partition coefficient (Wildman–Crippen LogP) is 6.48. The van der Waals surface area contributed by atoms with Crippen LogP contribution in [0.25, 0.3) is 0 Å². The lowest BCUT2D eigenvalue weighted by Crippen LogP contribution is -2.29. The van der Waals surface area contributed by atoms with E-state index < -0.39 is 29.6 Å². The molecule has 1 aliphatic rings. The highest BCUT2D eigenvalue weighted by atomic mass is 32.2. The first kappa shape index (κ1) is 19.4. The molecule has 0 saturated carbocycles. The van der Waals surface area contributed by atoms with Crippen LogP contribution < -0.4 is 4.90 Å². The standard InChI is InChI=1S/C17H11F6NO2S/c1-2-26-15(25)24-11-5-3-9(16(18,19)20)7-13(11)27-14-8-10(17(21,22)23)4-6-12(14)24/h3-8H,2H2,1H3. The fourth-order valence-electron chi connectivity index (χ4n) is 2.55. The largest absolute Gasteiger partial charge is 0.449 e. The number of nitrogens with zero attached hydrogens (tertiary/aromatic N) is 1. The Bertz CT molecular complexity index is 830. The number of ether oxygens (including phenoxy) is 1. The Morgan fingerprint density at radius 2 is 1.37 bits per heavy atom. The molecule has 0 unspecified atom stereocenters. The van der Waals surface area contributed by atoms with Crippen LogP contribution in [0.15, 0.2) is 46.2 Å². The van der Waals surface area contributed by atoms with Gasteiger partial charge in [0.15, 0.2) is 0 Å². The van der Waals surface area contributed by atoms with E-state index in [9.17, 15) is 31.1 Å². The monoisotopic (exact) mass is 407 g/mol. The van der Waals surface area contributed by atoms with Gasteiger partial charge in [0.1, 0.15) is 0 Å². The zero-order valence-electron chi connectivity index (χ0n) is 13.6. The molecule has 1 aliphatic heterocycles. The molecule has 0 bridgehead atoms. The molecule has 1 amide bonds. The molecule has 10 heteroatoms. The van der Waals surface area contributed by atoms with E-state index >= 15 is 0 Å². The highest BCUT2D eigenvalue weighted by Gasteiger charge is 2.37. The van der Waals surface area contributed by atoms with Crippen LogP contribution >= 0.6 is 11.8 Å². The van der Waals surface area contributed by atoms with Crippen molar-refractivity contribution in [3.63, 3.8) is 0 Å². The van der Waals surface area contributed by atoms with E-state index in [2.05, 4.69) is 0 Å². The zero-order valence-corrected chi connectivity index (χ0v) is 14.4. The van der Waals surface area contributed by atoms with Gasteiger partial charge in [0.25, 0.3) is 0 Å². The van der Waals surface area contributed by atoms with Gasteiger partial charge in [-0.05, 0) is 43.3 Å². The third-order valence-electron chi connectivity index (χ3n) is 3.73. The zero-order chi connectivity index (χ0) is 20.0. The van der Waals surface area contributed by atoms with Crippen LogP contribution in [0.4, 0.5) is 42.5 Å². The summed E-state index contributed by atoms with van der Waals surface area (Å²) in [6.07, 6.45) is -10.1. The van der Waals surface area contributed by atoms with Crippen molar-refractivity contribution in [3.05, 3.63) is 47.5 Å². The first-order valence-electron chi connectivity index (χ1n) is 7.59. The van der Waals surface area contributed by atoms with Crippen LogP contribution in [0.3, 0.4) is 0 Å². The number of carbonyl (C=O) groups is 1. The molecule has 0 fully saturated rings. The summed E-state index contributed by atoms with van der Waals surface area (Å²) in [5.74, 6) is 0. The number of carbonyl (C=O) groups excluding carboxylic acids is 1. The average molecular weight is 407 g/mol. The van der Waals surface area contributed by atoms with Gasteiger partial charge in [-0.2, -0.15) is 26.3 Å². The van der Waals surface area contributed by atoms with Gasteiger partial charge in [-0.1, -0.05) is 11.8 Å². The van der Waals surface area contributed by atoms with Crippen LogP contribution in [0.5, 0.6) is 0 Å². The van der Waals surface area contributed by atoms with Crippen molar-refractivity contribution in [3.8, 4) is 0 Å². The van der Waals surface area contributed by atoms with Crippen LogP contribution in [-0.2, 0) is 17.1 Å². The number of alkyl halides is 6. The van der Waals surface area contributed by atoms with Crippen LogP contribution in [0.1, 0.15) is 18.1 Å². The van der Waals surface area contributed by atoms with Gasteiger partial charge >= 0.3 is 18.4 Å². The number of anilines is 2. The number of halogens is 6. The topological polar surface area (TPSA) is 29.5 Å². The van der Waals surface area contributed by atoms with Gasteiger partial charge in [-0.3, -0.25) is 0 Å². The Morgan fingerprint density at radius 1 is 0.926 bits per heavy atom. The van der Waals surface area contributed by atoms with E-state index in [1.165, 1.54) is 6.92 Å². The molecule has 0 spiro atoms. The first-order valence-corrected chi connectivity index (χ1v) is 8.41. The molecule has 0 radical (unpaired) electrons. The molecular formula is C17H11F6NO2S. The van der Waals surface area contributed by atoms with Crippen molar-refractivity contribution < 1.29 is 35.9 Å². The van der Waals surface area contributed by atoms with Gasteiger partial charge in [0.05, 0.1) is 29.1 Å². The summed E-state index contributed by atoms with van der Waals surface area (Å²) in [4.78, 5) is 13.3. The summed E-state index contributed by atoms with van der Waals surface area (Å²) in [6.45, 7) is 1.53. The second kappa shape index (κ2) is 6.66. The molecule has 27 heavy (non-hydrogen) atoms. The van der Waals surface area contributed by atoms with E-state index in [0.29, 0.717) is 0 Å². The number of benzene rings is 2. The third kappa shape index (κ3) is 3.71. The number of amides is 1. The SMILES string of the molecule is CCOC(=O)N1c2ccc(C(F)(F)F)cc2Sc2cc(C(F)(F)F)ccc21. The smallest absolute Gasteiger partial charge is 0.419 e. The van der Waals surface area contributed by atoms with E-state index in [1.54, 1.807) is 0 Å². The number of rotatable bonds is 1. The average Bonchev–Trinajstić information content (AvgIpc) is 2.57. The molecule has 144 valence electrons. The highest BCUT2D eigenvalue weighted by Crippen LogP contribution is 2.51. The minimum atomic E-state index is -4.63. The van der Waals surface area contributed by atoms with Gasteiger partial charge in [-0.15, -0.1) is 0 Å². The summed E-state index contributed by atoms with van der Waals surface area (Å²) in [7, 11) is 0. The van der Waals surface area contributed by atoms with Gasteiger partial charge in [0.2, 0.25) is 0 Å². The second-order valence-electron chi connectivity index (χ2n) is 5.50. The summed E-state index contributed by atoms with van der Waals surface area (Å²) in [5.41, 5.74) is -1.71. The minimum absolute atomic E-state index is 0.00435. The second-order valence-corrected chi connectivity index (χ2v) is 6.58. The molecule has 0 aliphatic carbocycles. The van der Waals surface area contributed by atoms with Crippen molar-refractivity contribution in [2.75, 3.05) is 11.5 Å². The normalized spacial score (nSPS) is 13.8. The lowest BCUT2D eigenvalue weighted by molar-refractivity contribution is -0.138. The Balaban J connectivity index is 2.16. The van der Waals surface area contributed by atoms with Crippen LogP contribution in [0.2, 0.25) is 0 Å². The van der Waals surface area contributed by atoms with Crippen molar-refractivity contribution >= 4 is 29.2 Å². The van der Waals surface area contributed by atoms with E-state index in [1.807, 2.05) is 0 Å². The Labute approximate surface area is 153 Å². The van der Waals surface area contributed by atoms with E-state index in [0.717, 1.165) is 53.1 Å². The maximum atomic E-state index is 13.0. The molecule has 3 rings (SSSR count). The summed E-state index contributed by atoms with van der Waals surface area (Å²) >= 11 is 0.733. The summed E-state index contributed by atoms with van der Waals surface area (Å²) in [6, 6.07) is 5.41. The maximum absolute atomic E-state index is 13.0. The number of fused-ring (bicyclic) bond motifs is 2. The Kier molecular flexibility index (Phi) is 4.79.